The fraction of sp³-hybridized carbons (Fsp3) is 0.549. The summed E-state index contributed by atoms with van der Waals surface area (Å²) in [5, 5.41) is 5.48. The van der Waals surface area contributed by atoms with Crippen LogP contribution in [0.3, 0.4) is 0 Å². The van der Waals surface area contributed by atoms with Crippen molar-refractivity contribution >= 4 is 97.1 Å². The fourth-order valence-corrected chi connectivity index (χ4v) is 16.7. The Morgan fingerprint density at radius 2 is 0.515 bits per heavy atom. The van der Waals surface area contributed by atoms with E-state index in [1.807, 2.05) is 0 Å². The fourth-order valence-electron chi connectivity index (χ4n) is 10.4. The minimum Gasteiger partial charge on any atom is -1.00 e. The Bertz CT molecular complexity index is 2120. The van der Waals surface area contributed by atoms with Gasteiger partial charge in [0.2, 0.25) is 0 Å². The van der Waals surface area contributed by atoms with E-state index in [1.54, 1.807) is 0 Å². The van der Waals surface area contributed by atoms with E-state index >= 15 is 0 Å². The first-order valence-electron chi connectivity index (χ1n) is 22.4. The van der Waals surface area contributed by atoms with Crippen molar-refractivity contribution in [2.24, 2.45) is 0 Å². The molecule has 0 unspecified atom stereocenters. The minimum atomic E-state index is -3.70. The van der Waals surface area contributed by atoms with Crippen LogP contribution in [0.1, 0.15) is 22.3 Å². The van der Waals surface area contributed by atoms with Crippen molar-refractivity contribution in [3.63, 3.8) is 0 Å². The van der Waals surface area contributed by atoms with E-state index in [0.717, 1.165) is 0 Å². The molecule has 0 saturated heterocycles. The second kappa shape index (κ2) is 24.0. The van der Waals surface area contributed by atoms with Gasteiger partial charge in [0, 0.05) is 169 Å². The third kappa shape index (κ3) is 10.7. The van der Waals surface area contributed by atoms with Crippen LogP contribution in [0.15, 0.2) is 18.2 Å². The molecule has 0 N–H and O–H groups in total. The average Bonchev–Trinajstić information content (AvgIpc) is 3.37. The summed E-state index contributed by atoms with van der Waals surface area (Å²) in [6.45, 7) is 9.50. The van der Waals surface area contributed by atoms with E-state index in [4.69, 9.17) is 0 Å². The molecule has 4 rings (SSSR count). The molecule has 380 valence electrons. The van der Waals surface area contributed by atoms with Crippen molar-refractivity contribution in [2.75, 3.05) is 228 Å². The van der Waals surface area contributed by atoms with Gasteiger partial charge < -0.3 is 96.0 Å². The predicted octanol–water partition coefficient (Wildman–Crippen LogP) is -4.18. The second-order valence-electron chi connectivity index (χ2n) is 20.3. The second-order valence-corrected chi connectivity index (χ2v) is 23.9. The van der Waals surface area contributed by atoms with Crippen molar-refractivity contribution in [1.82, 2.24) is 0 Å². The Balaban J connectivity index is 0.0000112. The van der Waals surface area contributed by atoms with Crippen LogP contribution in [0, 0.1) is 27.7 Å². The Hall–Kier alpha value is -3.59. The number of hydrogen-bond donors (Lipinski definition) is 0. The normalized spacial score (nSPS) is 10.8. The largest absolute Gasteiger partial charge is 4.00 e. The maximum Gasteiger partial charge on any atom is 4.00 e. The molecule has 0 heterocycles. The Labute approximate surface area is 449 Å². The van der Waals surface area contributed by atoms with Gasteiger partial charge >= 0.3 is 21.7 Å². The van der Waals surface area contributed by atoms with Crippen LogP contribution in [0.4, 0.5) is 68.2 Å². The molecule has 0 radical (unpaired) electrons. The molecular formula is C51H87Cl3N12SiTi. The van der Waals surface area contributed by atoms with Gasteiger partial charge in [-0.15, -0.1) is 0 Å². The van der Waals surface area contributed by atoms with Gasteiger partial charge in [0.25, 0.3) is 0 Å². The molecular weight excluding hydrogens is 963 g/mol. The predicted molar refractivity (Wildman–Crippen MR) is 297 cm³/mol. The zero-order valence-corrected chi connectivity index (χ0v) is 52.1. The van der Waals surface area contributed by atoms with E-state index in [9.17, 15) is 0 Å². The molecule has 4 aromatic carbocycles. The Morgan fingerprint density at radius 1 is 0.309 bits per heavy atom. The van der Waals surface area contributed by atoms with Gasteiger partial charge in [-0.1, -0.05) is 27.7 Å². The van der Waals surface area contributed by atoms with Crippen LogP contribution >= 0.6 is 0 Å². The molecule has 0 aliphatic rings. The first-order chi connectivity index (χ1) is 29.4. The third-order valence-corrected chi connectivity index (χ3v) is 18.2. The van der Waals surface area contributed by atoms with Gasteiger partial charge in [-0.2, -0.15) is 27.4 Å². The van der Waals surface area contributed by atoms with Crippen molar-refractivity contribution in [3.05, 3.63) is 40.5 Å². The van der Waals surface area contributed by atoms with Crippen LogP contribution in [0.25, 0.3) is 0 Å². The monoisotopic (exact) mass is 1050 g/mol. The summed E-state index contributed by atoms with van der Waals surface area (Å²) in [6.07, 6.45) is 0. The molecule has 0 aliphatic heterocycles. The molecule has 0 bridgehead atoms. The topological polar surface area (TPSA) is 38.9 Å². The SMILES string of the molecule is Cc1c(C)c([Si](c2cc(N(C)C)c(N(C)C)c(N(C)C)c2N(C)C)(c2cc(N(C)C)c(N(C)C)c(N(C)C)c2N(C)C)c2cc(N(C)C)c(N(C)C)c(N(C)C)c2N(C)C)[c-](C)c1C.[Cl-].[Cl-].[Cl-].[Ti+4]. The first kappa shape index (κ1) is 64.4. The molecule has 0 aliphatic carbocycles. The summed E-state index contributed by atoms with van der Waals surface area (Å²) >= 11 is 0. The zero-order valence-electron chi connectivity index (χ0n) is 47.2. The van der Waals surface area contributed by atoms with Crippen LogP contribution in [-0.4, -0.2) is 177 Å². The maximum atomic E-state index is 2.59. The maximum absolute atomic E-state index is 3.70. The Morgan fingerprint density at radius 3 is 0.662 bits per heavy atom. The van der Waals surface area contributed by atoms with Crippen molar-refractivity contribution < 1.29 is 58.9 Å². The summed E-state index contributed by atoms with van der Waals surface area (Å²) < 4.78 is 0. The molecule has 0 saturated carbocycles. The molecule has 0 fully saturated rings. The van der Waals surface area contributed by atoms with Gasteiger partial charge in [-0.3, -0.25) is 0 Å². The zero-order chi connectivity index (χ0) is 49.1. The number of rotatable bonds is 16. The van der Waals surface area contributed by atoms with Gasteiger partial charge in [0.05, 0.1) is 68.2 Å². The van der Waals surface area contributed by atoms with Crippen LogP contribution < -0.4 is 117 Å². The third-order valence-electron chi connectivity index (χ3n) is 13.2. The standard InChI is InChI=1S/C51H87N12Si.3ClH.Ti/c1-32-33(2)35(4)51(34(32)3)64(39-29-36(52(5)6)42(55(11)12)48(61(23)24)45(39)58(17)18,40-30-37(53(7)8)43(56(13)14)49(62(25)26)46(40)59(19)20)41-31-38(54(9)10)44(57(15)16)50(63(27)28)47(41)60(21)22;;;;/h29-31H,1-28H3;3*1H;/q-1;;;;+4/p-3. The smallest absolute Gasteiger partial charge is 1.00 e. The van der Waals surface area contributed by atoms with Gasteiger partial charge in [0.1, 0.15) is 0 Å². The van der Waals surface area contributed by atoms with E-state index in [-0.39, 0.29) is 58.9 Å². The minimum absolute atomic E-state index is 0. The molecule has 4 aromatic rings. The van der Waals surface area contributed by atoms with Crippen LogP contribution in [0.5, 0.6) is 0 Å². The summed E-state index contributed by atoms with van der Waals surface area (Å²) in [4.78, 5) is 28.1. The quantitative estimate of drug-likeness (QED) is 0.0623. The molecule has 17 heteroatoms. The van der Waals surface area contributed by atoms with Gasteiger partial charge in [-0.05, 0) is 33.8 Å². The van der Waals surface area contributed by atoms with Crippen LogP contribution in [0.2, 0.25) is 0 Å². The van der Waals surface area contributed by atoms with E-state index in [2.05, 4.69) is 274 Å². The summed E-state index contributed by atoms with van der Waals surface area (Å²) in [5.41, 5.74) is 19.8. The Kier molecular flexibility index (Phi) is 22.7. The summed E-state index contributed by atoms with van der Waals surface area (Å²) in [6, 6.07) is 7.77. The number of anilines is 12. The van der Waals surface area contributed by atoms with Gasteiger partial charge in [-0.25, -0.2) is 0 Å². The molecule has 0 amide bonds. The van der Waals surface area contributed by atoms with E-state index in [0.29, 0.717) is 0 Å². The van der Waals surface area contributed by atoms with E-state index < -0.39 is 8.07 Å². The number of nitrogens with zero attached hydrogens (tertiary/aromatic N) is 12. The average molecular weight is 1050 g/mol. The number of hydrogen-bond acceptors (Lipinski definition) is 12. The van der Waals surface area contributed by atoms with E-state index in [1.165, 1.54) is 111 Å². The van der Waals surface area contributed by atoms with Crippen molar-refractivity contribution in [2.45, 2.75) is 27.7 Å². The van der Waals surface area contributed by atoms with Crippen LogP contribution in [-0.2, 0) is 21.7 Å². The number of halogens is 3. The molecule has 0 atom stereocenters. The van der Waals surface area contributed by atoms with Crippen molar-refractivity contribution in [1.29, 1.82) is 0 Å². The molecule has 68 heavy (non-hydrogen) atoms. The number of benzene rings is 3. The summed E-state index contributed by atoms with van der Waals surface area (Å²) in [5.74, 6) is 0. The molecule has 12 nitrogen and oxygen atoms in total. The molecule has 0 spiro atoms. The first-order valence-corrected chi connectivity index (χ1v) is 24.4. The summed E-state index contributed by atoms with van der Waals surface area (Å²) in [7, 11) is 49.4. The van der Waals surface area contributed by atoms with Crippen molar-refractivity contribution in [3.8, 4) is 0 Å². The molecule has 0 aromatic heterocycles. The van der Waals surface area contributed by atoms with Gasteiger partial charge in [0.15, 0.2) is 8.07 Å².